The van der Waals surface area contributed by atoms with Gasteiger partial charge in [-0.05, 0) is 47.5 Å². The SMILES string of the molecule is CCn1nnnc1SCC(=O)N1CCN(Cc2cc(OC)c(OC)cc2C)CC1. The Balaban J connectivity index is 1.51. The highest BCUT2D eigenvalue weighted by molar-refractivity contribution is 7.99. The van der Waals surface area contributed by atoms with Crippen molar-refractivity contribution in [2.75, 3.05) is 46.2 Å². The Hall–Kier alpha value is -2.33. The van der Waals surface area contributed by atoms with E-state index in [4.69, 9.17) is 9.47 Å². The summed E-state index contributed by atoms with van der Waals surface area (Å²) >= 11 is 1.39. The molecule has 0 N–H and O–H groups in total. The molecule has 3 rings (SSSR count). The van der Waals surface area contributed by atoms with Crippen molar-refractivity contribution in [1.82, 2.24) is 30.0 Å². The van der Waals surface area contributed by atoms with Crippen molar-refractivity contribution in [2.45, 2.75) is 32.1 Å². The molecule has 0 aliphatic carbocycles. The average molecular weight is 421 g/mol. The van der Waals surface area contributed by atoms with E-state index in [1.807, 2.05) is 24.0 Å². The molecule has 0 atom stereocenters. The summed E-state index contributed by atoms with van der Waals surface area (Å²) in [6.45, 7) is 8.72. The summed E-state index contributed by atoms with van der Waals surface area (Å²) in [6, 6.07) is 4.05. The molecule has 0 radical (unpaired) electrons. The number of piperazine rings is 1. The molecule has 1 fully saturated rings. The third-order valence-electron chi connectivity index (χ3n) is 5.08. The number of ether oxygens (including phenoxy) is 2. The van der Waals surface area contributed by atoms with Gasteiger partial charge in [0.25, 0.3) is 0 Å². The molecule has 1 saturated heterocycles. The zero-order valence-corrected chi connectivity index (χ0v) is 18.2. The minimum absolute atomic E-state index is 0.127. The van der Waals surface area contributed by atoms with Crippen LogP contribution in [0.3, 0.4) is 0 Å². The first-order valence-corrected chi connectivity index (χ1v) is 10.6. The Morgan fingerprint density at radius 2 is 1.83 bits per heavy atom. The molecule has 0 bridgehead atoms. The summed E-state index contributed by atoms with van der Waals surface area (Å²) < 4.78 is 12.5. The monoisotopic (exact) mass is 420 g/mol. The van der Waals surface area contributed by atoms with Gasteiger partial charge in [-0.15, -0.1) is 5.10 Å². The lowest BCUT2D eigenvalue weighted by atomic mass is 10.1. The smallest absolute Gasteiger partial charge is 0.233 e. The highest BCUT2D eigenvalue weighted by Crippen LogP contribution is 2.31. The van der Waals surface area contributed by atoms with Crippen LogP contribution < -0.4 is 9.47 Å². The van der Waals surface area contributed by atoms with Crippen LogP contribution in [-0.4, -0.2) is 82.1 Å². The van der Waals surface area contributed by atoms with Crippen LogP contribution in [0.5, 0.6) is 11.5 Å². The minimum Gasteiger partial charge on any atom is -0.493 e. The van der Waals surface area contributed by atoms with Crippen LogP contribution in [-0.2, 0) is 17.9 Å². The zero-order chi connectivity index (χ0) is 20.8. The Morgan fingerprint density at radius 3 is 2.48 bits per heavy atom. The fourth-order valence-electron chi connectivity index (χ4n) is 3.31. The zero-order valence-electron chi connectivity index (χ0n) is 17.4. The van der Waals surface area contributed by atoms with Crippen LogP contribution in [0.4, 0.5) is 0 Å². The van der Waals surface area contributed by atoms with Crippen molar-refractivity contribution in [1.29, 1.82) is 0 Å². The second-order valence-electron chi connectivity index (χ2n) is 6.86. The van der Waals surface area contributed by atoms with Crippen LogP contribution in [0.1, 0.15) is 18.1 Å². The van der Waals surface area contributed by atoms with Crippen molar-refractivity contribution in [3.63, 3.8) is 0 Å². The van der Waals surface area contributed by atoms with Gasteiger partial charge in [0, 0.05) is 39.3 Å². The van der Waals surface area contributed by atoms with E-state index in [2.05, 4.69) is 27.3 Å². The molecule has 158 valence electrons. The van der Waals surface area contributed by atoms with Gasteiger partial charge in [-0.2, -0.15) is 0 Å². The molecule has 1 aliphatic rings. The Morgan fingerprint density at radius 1 is 1.14 bits per heavy atom. The number of rotatable bonds is 8. The van der Waals surface area contributed by atoms with E-state index in [0.29, 0.717) is 17.5 Å². The molecule has 0 spiro atoms. The van der Waals surface area contributed by atoms with E-state index in [9.17, 15) is 4.79 Å². The first-order chi connectivity index (χ1) is 14.0. The molecule has 1 amide bonds. The van der Waals surface area contributed by atoms with Crippen molar-refractivity contribution < 1.29 is 14.3 Å². The summed E-state index contributed by atoms with van der Waals surface area (Å²) in [7, 11) is 3.30. The second-order valence-corrected chi connectivity index (χ2v) is 7.80. The summed E-state index contributed by atoms with van der Waals surface area (Å²) in [5, 5.41) is 12.2. The van der Waals surface area contributed by atoms with Crippen molar-refractivity contribution >= 4 is 17.7 Å². The predicted octanol–water partition coefficient (Wildman–Crippen LogP) is 1.46. The number of hydrogen-bond acceptors (Lipinski definition) is 8. The minimum atomic E-state index is 0.127. The third-order valence-corrected chi connectivity index (χ3v) is 6.03. The quantitative estimate of drug-likeness (QED) is 0.594. The molecule has 29 heavy (non-hydrogen) atoms. The van der Waals surface area contributed by atoms with Gasteiger partial charge in [0.2, 0.25) is 11.1 Å². The number of aromatic nitrogens is 4. The molecule has 2 heterocycles. The van der Waals surface area contributed by atoms with E-state index in [1.165, 1.54) is 22.9 Å². The largest absolute Gasteiger partial charge is 0.493 e. The molecule has 1 aliphatic heterocycles. The molecule has 10 heteroatoms. The molecule has 0 unspecified atom stereocenters. The first-order valence-electron chi connectivity index (χ1n) is 9.66. The van der Waals surface area contributed by atoms with Crippen LogP contribution >= 0.6 is 11.8 Å². The number of thioether (sulfide) groups is 1. The van der Waals surface area contributed by atoms with Crippen LogP contribution in [0.25, 0.3) is 0 Å². The maximum absolute atomic E-state index is 12.5. The number of methoxy groups -OCH3 is 2. The van der Waals surface area contributed by atoms with Gasteiger partial charge >= 0.3 is 0 Å². The van der Waals surface area contributed by atoms with Gasteiger partial charge in [0.05, 0.1) is 20.0 Å². The summed E-state index contributed by atoms with van der Waals surface area (Å²) in [5.41, 5.74) is 2.38. The van der Waals surface area contributed by atoms with Gasteiger partial charge < -0.3 is 14.4 Å². The standard InChI is InChI=1S/C19H28N6O3S/c1-5-25-19(20-21-22-25)29-13-18(26)24-8-6-23(7-9-24)12-15-11-17(28-4)16(27-3)10-14(15)2/h10-11H,5-9,12-13H2,1-4H3. The van der Waals surface area contributed by atoms with E-state index in [1.54, 1.807) is 18.9 Å². The van der Waals surface area contributed by atoms with E-state index < -0.39 is 0 Å². The lowest BCUT2D eigenvalue weighted by molar-refractivity contribution is -0.130. The number of carbonyl (C=O) groups excluding carboxylic acids is 1. The van der Waals surface area contributed by atoms with E-state index in [-0.39, 0.29) is 5.91 Å². The number of nitrogens with zero attached hydrogens (tertiary/aromatic N) is 6. The van der Waals surface area contributed by atoms with Gasteiger partial charge in [0.15, 0.2) is 11.5 Å². The average Bonchev–Trinajstić information content (AvgIpc) is 3.21. The molecule has 9 nitrogen and oxygen atoms in total. The van der Waals surface area contributed by atoms with Crippen LogP contribution in [0.15, 0.2) is 17.3 Å². The van der Waals surface area contributed by atoms with Crippen molar-refractivity contribution in [3.05, 3.63) is 23.3 Å². The number of benzene rings is 1. The summed E-state index contributed by atoms with van der Waals surface area (Å²) in [6.07, 6.45) is 0. The van der Waals surface area contributed by atoms with Crippen LogP contribution in [0, 0.1) is 6.92 Å². The number of tetrazole rings is 1. The molecule has 1 aromatic heterocycles. The lowest BCUT2D eigenvalue weighted by Gasteiger charge is -2.35. The Labute approximate surface area is 175 Å². The highest BCUT2D eigenvalue weighted by atomic mass is 32.2. The lowest BCUT2D eigenvalue weighted by Crippen LogP contribution is -2.48. The topological polar surface area (TPSA) is 85.6 Å². The maximum atomic E-state index is 12.5. The summed E-state index contributed by atoms with van der Waals surface area (Å²) in [5.74, 6) is 1.97. The Bertz CT molecular complexity index is 835. The van der Waals surface area contributed by atoms with Crippen molar-refractivity contribution in [3.8, 4) is 11.5 Å². The first kappa shape index (κ1) is 21.4. The van der Waals surface area contributed by atoms with Gasteiger partial charge in [-0.3, -0.25) is 9.69 Å². The van der Waals surface area contributed by atoms with Crippen molar-refractivity contribution in [2.24, 2.45) is 0 Å². The highest BCUT2D eigenvalue weighted by Gasteiger charge is 2.22. The van der Waals surface area contributed by atoms with Gasteiger partial charge in [0.1, 0.15) is 0 Å². The Kier molecular flexibility index (Phi) is 7.32. The fourth-order valence-corrected chi connectivity index (χ4v) is 4.15. The third kappa shape index (κ3) is 5.18. The molecular weight excluding hydrogens is 392 g/mol. The number of hydrogen-bond donors (Lipinski definition) is 0. The number of amides is 1. The second kappa shape index (κ2) is 9.93. The molecule has 0 saturated carbocycles. The van der Waals surface area contributed by atoms with Gasteiger partial charge in [-0.25, -0.2) is 4.68 Å². The summed E-state index contributed by atoms with van der Waals surface area (Å²) in [4.78, 5) is 16.8. The molecule has 1 aromatic carbocycles. The van der Waals surface area contributed by atoms with E-state index in [0.717, 1.165) is 44.2 Å². The molecule has 2 aromatic rings. The van der Waals surface area contributed by atoms with E-state index >= 15 is 0 Å². The molecular formula is C19H28N6O3S. The number of carbonyl (C=O) groups is 1. The normalized spacial score (nSPS) is 14.8. The fraction of sp³-hybridized carbons (Fsp3) is 0.579. The maximum Gasteiger partial charge on any atom is 0.233 e. The number of aryl methyl sites for hydroxylation is 2. The predicted molar refractivity (Wildman–Crippen MR) is 110 cm³/mol. The van der Waals surface area contributed by atoms with Gasteiger partial charge in [-0.1, -0.05) is 11.8 Å². The van der Waals surface area contributed by atoms with Crippen LogP contribution in [0.2, 0.25) is 0 Å².